The van der Waals surface area contributed by atoms with E-state index in [0.29, 0.717) is 0 Å². The summed E-state index contributed by atoms with van der Waals surface area (Å²) in [4.78, 5) is 0. The van der Waals surface area contributed by atoms with Crippen LogP contribution in [0.15, 0.2) is 0 Å². The zero-order chi connectivity index (χ0) is 12.1. The maximum atomic E-state index is 12.0. The summed E-state index contributed by atoms with van der Waals surface area (Å²) in [5.41, 5.74) is -0.115. The zero-order valence-corrected chi connectivity index (χ0v) is 9.65. The van der Waals surface area contributed by atoms with Crippen molar-refractivity contribution in [2.45, 2.75) is 52.8 Å². The van der Waals surface area contributed by atoms with Gasteiger partial charge >= 0.3 is 6.18 Å². The molecule has 0 spiro atoms. The van der Waals surface area contributed by atoms with E-state index in [1.165, 1.54) is 0 Å². The van der Waals surface area contributed by atoms with Crippen LogP contribution in [0.25, 0.3) is 0 Å². The van der Waals surface area contributed by atoms with Crippen molar-refractivity contribution in [2.24, 2.45) is 16.7 Å². The van der Waals surface area contributed by atoms with Crippen molar-refractivity contribution in [1.29, 1.82) is 0 Å². The quantitative estimate of drug-likeness (QED) is 0.779. The van der Waals surface area contributed by atoms with Crippen LogP contribution in [-0.2, 0) is 0 Å². The fourth-order valence-electron chi connectivity index (χ4n) is 2.69. The molecule has 0 bridgehead atoms. The van der Waals surface area contributed by atoms with E-state index in [9.17, 15) is 18.3 Å². The molecule has 0 aromatic carbocycles. The number of aliphatic hydroxyl groups excluding tert-OH is 1. The minimum atomic E-state index is -4.16. The number of halogens is 3. The molecule has 1 saturated carbocycles. The van der Waals surface area contributed by atoms with E-state index in [4.69, 9.17) is 0 Å². The third-order valence-electron chi connectivity index (χ3n) is 4.24. The molecular weight excluding hydrogens is 205 g/mol. The van der Waals surface area contributed by atoms with Crippen molar-refractivity contribution >= 4 is 0 Å². The predicted molar refractivity (Wildman–Crippen MR) is 52.3 cm³/mol. The third kappa shape index (κ3) is 2.30. The van der Waals surface area contributed by atoms with Gasteiger partial charge < -0.3 is 5.11 Å². The van der Waals surface area contributed by atoms with Gasteiger partial charge in [-0.15, -0.1) is 0 Å². The van der Waals surface area contributed by atoms with E-state index in [2.05, 4.69) is 0 Å². The normalized spacial score (nSPS) is 26.4. The minimum Gasteiger partial charge on any atom is -0.393 e. The Balaban J connectivity index is 2.48. The van der Waals surface area contributed by atoms with Crippen molar-refractivity contribution < 1.29 is 18.3 Å². The Labute approximate surface area is 88.7 Å². The maximum Gasteiger partial charge on any atom is 0.389 e. The number of aliphatic hydroxyl groups is 1. The lowest BCUT2D eigenvalue weighted by Crippen LogP contribution is -2.18. The number of rotatable bonds is 3. The molecule has 1 rings (SSSR count). The molecule has 0 amide bonds. The first-order valence-corrected chi connectivity index (χ1v) is 5.25. The molecule has 0 aromatic heterocycles. The predicted octanol–water partition coefficient (Wildman–Crippen LogP) is 3.37. The second-order valence-corrected chi connectivity index (χ2v) is 5.64. The second kappa shape index (κ2) is 3.37. The van der Waals surface area contributed by atoms with Crippen molar-refractivity contribution in [3.05, 3.63) is 0 Å². The summed E-state index contributed by atoms with van der Waals surface area (Å²) in [6.45, 7) is 7.98. The molecule has 0 saturated heterocycles. The molecular formula is C11H19F3O. The fraction of sp³-hybridized carbons (Fsp3) is 1.00. The number of hydrogen-bond donors (Lipinski definition) is 1. The summed E-state index contributed by atoms with van der Waals surface area (Å²) in [6, 6.07) is 0. The topological polar surface area (TPSA) is 20.2 Å². The smallest absolute Gasteiger partial charge is 0.389 e. The number of hydrogen-bond acceptors (Lipinski definition) is 1. The van der Waals surface area contributed by atoms with Crippen molar-refractivity contribution in [1.82, 2.24) is 0 Å². The molecule has 1 nitrogen and oxygen atoms in total. The van der Waals surface area contributed by atoms with Gasteiger partial charge in [0, 0.05) is 6.42 Å². The van der Waals surface area contributed by atoms with Crippen LogP contribution in [0.5, 0.6) is 0 Å². The van der Waals surface area contributed by atoms with Crippen LogP contribution >= 0.6 is 0 Å². The Morgan fingerprint density at radius 2 is 1.53 bits per heavy atom. The Hall–Kier alpha value is -0.250. The highest BCUT2D eigenvalue weighted by Gasteiger charge is 2.66. The zero-order valence-electron chi connectivity index (χ0n) is 9.65. The van der Waals surface area contributed by atoms with E-state index in [0.717, 1.165) is 0 Å². The number of alkyl halides is 3. The van der Waals surface area contributed by atoms with Crippen molar-refractivity contribution in [3.63, 3.8) is 0 Å². The van der Waals surface area contributed by atoms with Crippen LogP contribution in [0.2, 0.25) is 0 Å². The molecule has 0 radical (unpaired) electrons. The highest BCUT2D eigenvalue weighted by Crippen LogP contribution is 2.70. The first kappa shape index (κ1) is 12.8. The summed E-state index contributed by atoms with van der Waals surface area (Å²) >= 11 is 0. The molecule has 1 aliphatic rings. The second-order valence-electron chi connectivity index (χ2n) is 5.64. The molecule has 1 aliphatic carbocycles. The molecule has 1 atom stereocenters. The Morgan fingerprint density at radius 1 is 1.13 bits per heavy atom. The van der Waals surface area contributed by atoms with Crippen LogP contribution in [0.3, 0.4) is 0 Å². The Morgan fingerprint density at radius 3 is 1.80 bits per heavy atom. The monoisotopic (exact) mass is 224 g/mol. The lowest BCUT2D eigenvalue weighted by atomic mass is 10.0. The molecule has 0 aromatic rings. The van der Waals surface area contributed by atoms with E-state index < -0.39 is 18.7 Å². The highest BCUT2D eigenvalue weighted by molar-refractivity contribution is 5.14. The molecule has 15 heavy (non-hydrogen) atoms. The van der Waals surface area contributed by atoms with Crippen LogP contribution < -0.4 is 0 Å². The van der Waals surface area contributed by atoms with Gasteiger partial charge in [0.15, 0.2) is 0 Å². The standard InChI is InChI=1S/C11H19F3O/c1-9(2)8(10(9,3)4)7(15)5-6-11(12,13)14/h7-8,15H,5-6H2,1-4H3. The van der Waals surface area contributed by atoms with Gasteiger partial charge in [-0.05, 0) is 23.2 Å². The molecule has 4 heteroatoms. The van der Waals surface area contributed by atoms with E-state index in [-0.39, 0.29) is 23.2 Å². The summed E-state index contributed by atoms with van der Waals surface area (Å²) in [6.07, 6.45) is -6.07. The molecule has 90 valence electrons. The first-order valence-electron chi connectivity index (χ1n) is 5.25. The van der Waals surface area contributed by atoms with Gasteiger partial charge in [-0.25, -0.2) is 0 Å². The molecule has 1 unspecified atom stereocenters. The molecule has 0 aliphatic heterocycles. The Kier molecular flexibility index (Phi) is 2.88. The van der Waals surface area contributed by atoms with Crippen LogP contribution in [0, 0.1) is 16.7 Å². The third-order valence-corrected chi connectivity index (χ3v) is 4.24. The average molecular weight is 224 g/mol. The van der Waals surface area contributed by atoms with Gasteiger partial charge in [-0.1, -0.05) is 27.7 Å². The summed E-state index contributed by atoms with van der Waals surface area (Å²) in [7, 11) is 0. The van der Waals surface area contributed by atoms with Gasteiger partial charge in [0.2, 0.25) is 0 Å². The van der Waals surface area contributed by atoms with Crippen LogP contribution in [-0.4, -0.2) is 17.4 Å². The van der Waals surface area contributed by atoms with Gasteiger partial charge in [0.25, 0.3) is 0 Å². The summed E-state index contributed by atoms with van der Waals surface area (Å²) in [5.74, 6) is -0.0210. The van der Waals surface area contributed by atoms with E-state index in [1.54, 1.807) is 0 Å². The van der Waals surface area contributed by atoms with Gasteiger partial charge in [-0.3, -0.25) is 0 Å². The summed E-state index contributed by atoms with van der Waals surface area (Å²) < 4.78 is 35.9. The minimum absolute atomic E-state index is 0.0210. The van der Waals surface area contributed by atoms with Gasteiger partial charge in [-0.2, -0.15) is 13.2 Å². The van der Waals surface area contributed by atoms with Crippen LogP contribution in [0.4, 0.5) is 13.2 Å². The summed E-state index contributed by atoms with van der Waals surface area (Å²) in [5, 5.41) is 9.72. The van der Waals surface area contributed by atoms with E-state index >= 15 is 0 Å². The molecule has 0 heterocycles. The maximum absolute atomic E-state index is 12.0. The van der Waals surface area contributed by atoms with E-state index in [1.807, 2.05) is 27.7 Å². The van der Waals surface area contributed by atoms with Crippen molar-refractivity contribution in [3.8, 4) is 0 Å². The largest absolute Gasteiger partial charge is 0.393 e. The average Bonchev–Trinajstić information content (AvgIpc) is 2.37. The first-order chi connectivity index (χ1) is 6.50. The SMILES string of the molecule is CC1(C)C(C(O)CCC(F)(F)F)C1(C)C. The lowest BCUT2D eigenvalue weighted by molar-refractivity contribution is -0.141. The van der Waals surface area contributed by atoms with Gasteiger partial charge in [0.05, 0.1) is 6.10 Å². The molecule has 1 fully saturated rings. The van der Waals surface area contributed by atoms with Crippen LogP contribution in [0.1, 0.15) is 40.5 Å². The van der Waals surface area contributed by atoms with Crippen molar-refractivity contribution in [2.75, 3.05) is 0 Å². The fourth-order valence-corrected chi connectivity index (χ4v) is 2.69. The highest BCUT2D eigenvalue weighted by atomic mass is 19.4. The van der Waals surface area contributed by atoms with Gasteiger partial charge in [0.1, 0.15) is 0 Å². The Bertz CT molecular complexity index is 229. The lowest BCUT2D eigenvalue weighted by Gasteiger charge is -2.13. The molecule has 1 N–H and O–H groups in total.